The average molecular weight is 527 g/mol. The van der Waals surface area contributed by atoms with E-state index in [-0.39, 0.29) is 65.3 Å². The zero-order chi connectivity index (χ0) is 26.6. The van der Waals surface area contributed by atoms with Crippen LogP contribution in [-0.2, 0) is 18.9 Å². The molecule has 1 aromatic carbocycles. The maximum atomic E-state index is 13.7. The van der Waals surface area contributed by atoms with Gasteiger partial charge in [0.2, 0.25) is 0 Å². The largest absolute Gasteiger partial charge is 0.454 e. The lowest BCUT2D eigenvalue weighted by Gasteiger charge is -2.69. The van der Waals surface area contributed by atoms with Gasteiger partial charge in [-0.3, -0.25) is 4.90 Å². The minimum absolute atomic E-state index is 0.0231. The number of nitrogens with zero attached hydrogens (tertiary/aromatic N) is 1. The van der Waals surface area contributed by atoms with Gasteiger partial charge in [0, 0.05) is 75.1 Å². The quantitative estimate of drug-likeness (QED) is 0.431. The molecule has 0 radical (unpaired) electrons. The van der Waals surface area contributed by atoms with Crippen molar-refractivity contribution >= 4 is 11.7 Å². The van der Waals surface area contributed by atoms with Crippen LogP contribution in [0.5, 0.6) is 0 Å². The SMILES string of the molecule is CCN1C[C@]2(OC(=O)c3ccccc3N)CC[C@@H](OC)[C@@]34[C@@H]5C[C@H]6[C@@H](OC)[C@@H]5[C@](O)(C[C@H]6OC)[C@@H](C[C@H]23)[C@@H]14. The van der Waals surface area contributed by atoms with Crippen LogP contribution in [0.3, 0.4) is 0 Å². The van der Waals surface area contributed by atoms with Crippen LogP contribution in [0.2, 0.25) is 0 Å². The summed E-state index contributed by atoms with van der Waals surface area (Å²) < 4.78 is 25.3. The number of ether oxygens (including phenoxy) is 4. The van der Waals surface area contributed by atoms with Gasteiger partial charge in [0.05, 0.1) is 29.5 Å². The summed E-state index contributed by atoms with van der Waals surface area (Å²) in [6, 6.07) is 7.35. The second-order valence-corrected chi connectivity index (χ2v) is 12.9. The fourth-order valence-electron chi connectivity index (χ4n) is 11.3. The second-order valence-electron chi connectivity index (χ2n) is 12.9. The van der Waals surface area contributed by atoms with Gasteiger partial charge in [-0.25, -0.2) is 4.79 Å². The van der Waals surface area contributed by atoms with E-state index in [1.165, 1.54) is 0 Å². The summed E-state index contributed by atoms with van der Waals surface area (Å²) in [4.78, 5) is 16.2. The van der Waals surface area contributed by atoms with Crippen LogP contribution in [0.1, 0.15) is 49.4 Å². The summed E-state index contributed by atoms with van der Waals surface area (Å²) in [5.41, 5.74) is 5.31. The third kappa shape index (κ3) is 2.81. The van der Waals surface area contributed by atoms with Crippen LogP contribution in [0.4, 0.5) is 5.69 Å². The first-order chi connectivity index (χ1) is 18.3. The van der Waals surface area contributed by atoms with Crippen molar-refractivity contribution < 1.29 is 28.8 Å². The maximum absolute atomic E-state index is 13.7. The number of esters is 1. The highest BCUT2D eigenvalue weighted by Crippen LogP contribution is 2.78. The Morgan fingerprint density at radius 2 is 1.92 bits per heavy atom. The van der Waals surface area contributed by atoms with Crippen LogP contribution in [-0.4, -0.2) is 86.0 Å². The summed E-state index contributed by atoms with van der Waals surface area (Å²) in [5.74, 6) is 0.280. The van der Waals surface area contributed by atoms with E-state index in [1.54, 1.807) is 26.4 Å². The van der Waals surface area contributed by atoms with Gasteiger partial charge < -0.3 is 29.8 Å². The second kappa shape index (κ2) is 8.40. The number of likely N-dealkylation sites (N-methyl/N-ethyl adjacent to an activating group) is 1. The molecule has 7 rings (SSSR count). The third-order valence-corrected chi connectivity index (χ3v) is 12.2. The number of nitrogen functional groups attached to an aromatic ring is 1. The summed E-state index contributed by atoms with van der Waals surface area (Å²) in [6.45, 7) is 3.71. The van der Waals surface area contributed by atoms with Crippen LogP contribution < -0.4 is 5.73 Å². The van der Waals surface area contributed by atoms with Crippen molar-refractivity contribution in [1.82, 2.24) is 4.90 Å². The summed E-state index contributed by atoms with van der Waals surface area (Å²) in [6.07, 6.45) is 3.96. The van der Waals surface area contributed by atoms with E-state index in [1.807, 2.05) is 19.2 Å². The molecule has 12 atom stereocenters. The Labute approximate surface area is 225 Å². The molecule has 6 fully saturated rings. The molecule has 6 aliphatic rings. The molecule has 0 unspecified atom stereocenters. The van der Waals surface area contributed by atoms with E-state index in [0.29, 0.717) is 24.2 Å². The number of rotatable bonds is 6. The number of hydrogen-bond donors (Lipinski definition) is 2. The molecule has 0 aromatic heterocycles. The number of aliphatic hydroxyl groups is 1. The zero-order valence-electron chi connectivity index (χ0n) is 23.0. The van der Waals surface area contributed by atoms with Crippen LogP contribution in [0, 0.1) is 35.0 Å². The molecule has 208 valence electrons. The number of carbonyl (C=O) groups excluding carboxylic acids is 1. The van der Waals surface area contributed by atoms with Gasteiger partial charge in [0.1, 0.15) is 5.60 Å². The van der Waals surface area contributed by atoms with Gasteiger partial charge in [-0.2, -0.15) is 0 Å². The standard InChI is InChI=1S/C30H42N2O6/c1-5-32-15-28(38-27(33)16-8-6-7-9-20(16)31)11-10-23(36-3)30-18-12-17-21(35-2)14-29(34,24(18)25(17)37-4)19(26(30)32)13-22(28)30/h6-9,17-19,21-26,34H,5,10-15,31H2,1-4H3/t17-,18-,19+,21-,22-,23-,24-,25-,26-,28-,29+,30-/m1/s1. The van der Waals surface area contributed by atoms with Gasteiger partial charge in [0.15, 0.2) is 0 Å². The first-order valence-electron chi connectivity index (χ1n) is 14.4. The molecule has 3 N–H and O–H groups in total. The van der Waals surface area contributed by atoms with Gasteiger partial charge in [-0.15, -0.1) is 0 Å². The fraction of sp³-hybridized carbons (Fsp3) is 0.767. The number of methoxy groups -OCH3 is 3. The molecule has 1 heterocycles. The van der Waals surface area contributed by atoms with Gasteiger partial charge in [-0.05, 0) is 50.3 Å². The molecule has 1 spiro atoms. The molecule has 7 bridgehead atoms. The lowest BCUT2D eigenvalue weighted by molar-refractivity contribution is -0.284. The first-order valence-corrected chi connectivity index (χ1v) is 14.4. The molecule has 1 aromatic rings. The van der Waals surface area contributed by atoms with Gasteiger partial charge in [0.25, 0.3) is 0 Å². The summed E-state index contributed by atoms with van der Waals surface area (Å²) >= 11 is 0. The Morgan fingerprint density at radius 3 is 2.61 bits per heavy atom. The van der Waals surface area contributed by atoms with Crippen molar-refractivity contribution in [2.75, 3.05) is 40.2 Å². The first kappa shape index (κ1) is 25.3. The number of benzene rings is 1. The molecule has 1 saturated heterocycles. The molecular weight excluding hydrogens is 484 g/mol. The Hall–Kier alpha value is -1.71. The van der Waals surface area contributed by atoms with Crippen LogP contribution >= 0.6 is 0 Å². The van der Waals surface area contributed by atoms with Gasteiger partial charge >= 0.3 is 5.97 Å². The number of fused-ring (bicyclic) bond motifs is 2. The van der Waals surface area contributed by atoms with Crippen molar-refractivity contribution in [2.24, 2.45) is 35.0 Å². The molecule has 5 saturated carbocycles. The molecule has 5 aliphatic carbocycles. The minimum atomic E-state index is -0.887. The topological polar surface area (TPSA) is 103 Å². The van der Waals surface area contributed by atoms with Crippen molar-refractivity contribution in [3.8, 4) is 0 Å². The number of piperidine rings is 1. The molecular formula is C30H42N2O6. The zero-order valence-corrected chi connectivity index (χ0v) is 23.0. The van der Waals surface area contributed by atoms with E-state index in [4.69, 9.17) is 24.7 Å². The number of nitrogens with two attached hydrogens (primary N) is 1. The summed E-state index contributed by atoms with van der Waals surface area (Å²) in [5, 5.41) is 12.7. The van der Waals surface area contributed by atoms with E-state index in [0.717, 1.165) is 32.2 Å². The number of para-hydroxylation sites is 1. The minimum Gasteiger partial charge on any atom is -0.454 e. The normalized spacial score (nSPS) is 50.2. The van der Waals surface area contributed by atoms with Gasteiger partial charge in [-0.1, -0.05) is 19.1 Å². The summed E-state index contributed by atoms with van der Waals surface area (Å²) in [7, 11) is 5.40. The highest BCUT2D eigenvalue weighted by molar-refractivity contribution is 5.95. The average Bonchev–Trinajstić information content (AvgIpc) is 3.38. The lowest BCUT2D eigenvalue weighted by Crippen LogP contribution is -2.78. The maximum Gasteiger partial charge on any atom is 0.340 e. The Kier molecular flexibility index (Phi) is 5.59. The monoisotopic (exact) mass is 526 g/mol. The van der Waals surface area contributed by atoms with E-state index < -0.39 is 11.2 Å². The van der Waals surface area contributed by atoms with E-state index >= 15 is 0 Å². The van der Waals surface area contributed by atoms with Crippen molar-refractivity contribution in [1.29, 1.82) is 0 Å². The molecule has 0 amide bonds. The van der Waals surface area contributed by atoms with Crippen molar-refractivity contribution in [3.63, 3.8) is 0 Å². The highest BCUT2D eigenvalue weighted by Gasteiger charge is 2.84. The molecule has 1 aliphatic heterocycles. The Balaban J connectivity index is 1.39. The predicted octanol–water partition coefficient (Wildman–Crippen LogP) is 2.73. The molecule has 38 heavy (non-hydrogen) atoms. The fourth-order valence-corrected chi connectivity index (χ4v) is 11.3. The molecule has 8 nitrogen and oxygen atoms in total. The van der Waals surface area contributed by atoms with Crippen molar-refractivity contribution in [3.05, 3.63) is 29.8 Å². The Morgan fingerprint density at radius 1 is 1.13 bits per heavy atom. The predicted molar refractivity (Wildman–Crippen MR) is 140 cm³/mol. The van der Waals surface area contributed by atoms with E-state index in [9.17, 15) is 9.90 Å². The van der Waals surface area contributed by atoms with Crippen LogP contribution in [0.25, 0.3) is 0 Å². The number of carbonyl (C=O) groups is 1. The highest BCUT2D eigenvalue weighted by atomic mass is 16.6. The smallest absolute Gasteiger partial charge is 0.340 e. The lowest BCUT2D eigenvalue weighted by atomic mass is 9.45. The Bertz CT molecular complexity index is 1130. The number of anilines is 1. The number of likely N-dealkylation sites (tertiary alicyclic amines) is 1. The van der Waals surface area contributed by atoms with Crippen molar-refractivity contribution in [2.45, 2.75) is 74.6 Å². The third-order valence-electron chi connectivity index (χ3n) is 12.2. The van der Waals surface area contributed by atoms with E-state index in [2.05, 4.69) is 11.8 Å². The number of hydrogen-bond acceptors (Lipinski definition) is 8. The molecule has 8 heteroatoms. The van der Waals surface area contributed by atoms with Crippen LogP contribution in [0.15, 0.2) is 24.3 Å².